The second kappa shape index (κ2) is 4.79. The molecule has 2 aliphatic rings. The van der Waals surface area contributed by atoms with Crippen molar-refractivity contribution in [2.45, 2.75) is 44.7 Å². The van der Waals surface area contributed by atoms with E-state index in [1.165, 1.54) is 25.8 Å². The smallest absolute Gasteiger partial charge is 0.0211 e. The largest absolute Gasteiger partial charge is 0.314 e. The van der Waals surface area contributed by atoms with Crippen molar-refractivity contribution in [3.05, 3.63) is 34.9 Å². The Balaban J connectivity index is 1.91. The van der Waals surface area contributed by atoms with Crippen molar-refractivity contribution in [2.24, 2.45) is 0 Å². The first-order valence-corrected chi connectivity index (χ1v) is 6.89. The predicted molar refractivity (Wildman–Crippen MR) is 71.3 cm³/mol. The minimum atomic E-state index is 0.668. The van der Waals surface area contributed by atoms with Crippen LogP contribution in [-0.4, -0.2) is 19.1 Å². The quantitative estimate of drug-likeness (QED) is 0.773. The highest BCUT2D eigenvalue weighted by molar-refractivity contribution is 5.39. The SMILES string of the molecule is CC1CC(c2cccc3c2CNCC3)CCN1. The zero-order valence-electron chi connectivity index (χ0n) is 10.6. The molecule has 1 fully saturated rings. The van der Waals surface area contributed by atoms with E-state index < -0.39 is 0 Å². The maximum absolute atomic E-state index is 3.55. The van der Waals surface area contributed by atoms with Gasteiger partial charge >= 0.3 is 0 Å². The van der Waals surface area contributed by atoms with Gasteiger partial charge in [-0.05, 0) is 61.9 Å². The lowest BCUT2D eigenvalue weighted by molar-refractivity contribution is 0.379. The van der Waals surface area contributed by atoms with E-state index in [2.05, 4.69) is 35.8 Å². The lowest BCUT2D eigenvalue weighted by Crippen LogP contribution is -2.35. The van der Waals surface area contributed by atoms with E-state index in [1.807, 2.05) is 0 Å². The first kappa shape index (κ1) is 11.2. The van der Waals surface area contributed by atoms with Crippen molar-refractivity contribution in [3.63, 3.8) is 0 Å². The Labute approximate surface area is 104 Å². The van der Waals surface area contributed by atoms with Gasteiger partial charge in [-0.1, -0.05) is 18.2 Å². The number of nitrogens with one attached hydrogen (secondary N) is 2. The van der Waals surface area contributed by atoms with Crippen molar-refractivity contribution < 1.29 is 0 Å². The summed E-state index contributed by atoms with van der Waals surface area (Å²) in [5.41, 5.74) is 4.79. The van der Waals surface area contributed by atoms with E-state index in [-0.39, 0.29) is 0 Å². The number of benzene rings is 1. The molecule has 2 aliphatic heterocycles. The van der Waals surface area contributed by atoms with Gasteiger partial charge in [0.15, 0.2) is 0 Å². The summed E-state index contributed by atoms with van der Waals surface area (Å²) in [6.07, 6.45) is 3.78. The molecule has 0 spiro atoms. The van der Waals surface area contributed by atoms with E-state index in [1.54, 1.807) is 16.7 Å². The molecule has 0 amide bonds. The standard InChI is InChI=1S/C15H22N2/c1-11-9-13(6-8-17-11)14-4-2-3-12-5-7-16-10-15(12)14/h2-4,11,13,16-17H,5-10H2,1H3. The fraction of sp³-hybridized carbons (Fsp3) is 0.600. The van der Waals surface area contributed by atoms with Crippen molar-refractivity contribution in [2.75, 3.05) is 13.1 Å². The van der Waals surface area contributed by atoms with Gasteiger partial charge in [0, 0.05) is 12.6 Å². The molecule has 2 heterocycles. The average Bonchev–Trinajstić information content (AvgIpc) is 2.38. The summed E-state index contributed by atoms with van der Waals surface area (Å²) in [7, 11) is 0. The Kier molecular flexibility index (Phi) is 3.17. The van der Waals surface area contributed by atoms with Gasteiger partial charge in [0.1, 0.15) is 0 Å². The van der Waals surface area contributed by atoms with E-state index in [4.69, 9.17) is 0 Å². The van der Waals surface area contributed by atoms with Gasteiger partial charge < -0.3 is 10.6 Å². The molecule has 17 heavy (non-hydrogen) atoms. The van der Waals surface area contributed by atoms with Crippen molar-refractivity contribution in [1.29, 1.82) is 0 Å². The summed E-state index contributed by atoms with van der Waals surface area (Å²) in [6, 6.07) is 7.59. The summed E-state index contributed by atoms with van der Waals surface area (Å²) in [5, 5.41) is 7.06. The van der Waals surface area contributed by atoms with Gasteiger partial charge in [-0.2, -0.15) is 0 Å². The molecular formula is C15H22N2. The molecular weight excluding hydrogens is 208 g/mol. The van der Waals surface area contributed by atoms with Gasteiger partial charge in [-0.25, -0.2) is 0 Å². The molecule has 2 unspecified atom stereocenters. The number of fused-ring (bicyclic) bond motifs is 1. The van der Waals surface area contributed by atoms with E-state index in [9.17, 15) is 0 Å². The van der Waals surface area contributed by atoms with Crippen molar-refractivity contribution in [1.82, 2.24) is 10.6 Å². The van der Waals surface area contributed by atoms with Gasteiger partial charge in [-0.15, -0.1) is 0 Å². The van der Waals surface area contributed by atoms with Crippen molar-refractivity contribution >= 4 is 0 Å². The number of hydrogen-bond donors (Lipinski definition) is 2. The number of piperidine rings is 1. The minimum Gasteiger partial charge on any atom is -0.314 e. The third-order valence-electron chi connectivity index (χ3n) is 4.25. The third-order valence-corrected chi connectivity index (χ3v) is 4.25. The minimum absolute atomic E-state index is 0.668. The maximum atomic E-state index is 3.55. The normalized spacial score (nSPS) is 28.8. The third kappa shape index (κ3) is 2.24. The number of rotatable bonds is 1. The molecule has 0 bridgehead atoms. The Bertz CT molecular complexity index is 400. The lowest BCUT2D eigenvalue weighted by atomic mass is 9.82. The lowest BCUT2D eigenvalue weighted by Gasteiger charge is -2.31. The summed E-state index contributed by atoms with van der Waals surface area (Å²) < 4.78 is 0. The molecule has 1 aromatic rings. The van der Waals surface area contributed by atoms with Gasteiger partial charge in [0.2, 0.25) is 0 Å². The molecule has 3 rings (SSSR count). The van der Waals surface area contributed by atoms with Gasteiger partial charge in [-0.3, -0.25) is 0 Å². The molecule has 1 aromatic carbocycles. The zero-order valence-corrected chi connectivity index (χ0v) is 10.6. The average molecular weight is 230 g/mol. The Morgan fingerprint density at radius 1 is 1.24 bits per heavy atom. The van der Waals surface area contributed by atoms with Crippen LogP contribution in [0.1, 0.15) is 42.4 Å². The van der Waals surface area contributed by atoms with E-state index in [0.29, 0.717) is 6.04 Å². The fourth-order valence-corrected chi connectivity index (χ4v) is 3.34. The zero-order chi connectivity index (χ0) is 11.7. The van der Waals surface area contributed by atoms with Crippen LogP contribution in [0.5, 0.6) is 0 Å². The van der Waals surface area contributed by atoms with E-state index in [0.717, 1.165) is 19.0 Å². The first-order chi connectivity index (χ1) is 8.34. The Morgan fingerprint density at radius 2 is 2.18 bits per heavy atom. The first-order valence-electron chi connectivity index (χ1n) is 6.89. The highest BCUT2D eigenvalue weighted by Crippen LogP contribution is 2.32. The molecule has 1 saturated heterocycles. The molecule has 2 nitrogen and oxygen atoms in total. The molecule has 2 atom stereocenters. The molecule has 2 N–H and O–H groups in total. The molecule has 0 aliphatic carbocycles. The highest BCUT2D eigenvalue weighted by atomic mass is 14.9. The summed E-state index contributed by atoms with van der Waals surface area (Å²) in [4.78, 5) is 0. The van der Waals surface area contributed by atoms with Crippen LogP contribution in [0.3, 0.4) is 0 Å². The van der Waals surface area contributed by atoms with Crippen LogP contribution >= 0.6 is 0 Å². The van der Waals surface area contributed by atoms with Crippen LogP contribution < -0.4 is 10.6 Å². The van der Waals surface area contributed by atoms with Crippen LogP contribution in [0.15, 0.2) is 18.2 Å². The van der Waals surface area contributed by atoms with Crippen LogP contribution in [-0.2, 0) is 13.0 Å². The molecule has 0 saturated carbocycles. The van der Waals surface area contributed by atoms with Gasteiger partial charge in [0.25, 0.3) is 0 Å². The molecule has 92 valence electrons. The monoisotopic (exact) mass is 230 g/mol. The summed E-state index contributed by atoms with van der Waals surface area (Å²) >= 11 is 0. The summed E-state index contributed by atoms with van der Waals surface area (Å²) in [6.45, 7) is 5.69. The number of hydrogen-bond acceptors (Lipinski definition) is 2. The summed E-state index contributed by atoms with van der Waals surface area (Å²) in [5.74, 6) is 0.765. The van der Waals surface area contributed by atoms with Crippen LogP contribution in [0.2, 0.25) is 0 Å². The second-order valence-corrected chi connectivity index (χ2v) is 5.49. The highest BCUT2D eigenvalue weighted by Gasteiger charge is 2.23. The fourth-order valence-electron chi connectivity index (χ4n) is 3.34. The van der Waals surface area contributed by atoms with Crippen LogP contribution in [0.25, 0.3) is 0 Å². The molecule has 2 heteroatoms. The Hall–Kier alpha value is -0.860. The van der Waals surface area contributed by atoms with E-state index >= 15 is 0 Å². The molecule has 0 aromatic heterocycles. The second-order valence-electron chi connectivity index (χ2n) is 5.49. The predicted octanol–water partition coefficient (Wildman–Crippen LogP) is 2.19. The van der Waals surface area contributed by atoms with Crippen molar-refractivity contribution in [3.8, 4) is 0 Å². The van der Waals surface area contributed by atoms with Crippen LogP contribution in [0, 0.1) is 0 Å². The maximum Gasteiger partial charge on any atom is 0.0211 e. The van der Waals surface area contributed by atoms with Gasteiger partial charge in [0.05, 0.1) is 0 Å². The topological polar surface area (TPSA) is 24.1 Å². The molecule has 0 radical (unpaired) electrons. The van der Waals surface area contributed by atoms with Crippen LogP contribution in [0.4, 0.5) is 0 Å². The Morgan fingerprint density at radius 3 is 3.06 bits per heavy atom.